The van der Waals surface area contributed by atoms with Crippen LogP contribution in [0.2, 0.25) is 0 Å². The molecule has 0 atom stereocenters. The van der Waals surface area contributed by atoms with Crippen LogP contribution in [-0.2, 0) is 17.0 Å². The number of aryl methyl sites for hydroxylation is 1. The Labute approximate surface area is 135 Å². The smallest absolute Gasteiger partial charge is 0.220 e. The maximum atomic E-state index is 11.6. The number of thiophene rings is 1. The van der Waals surface area contributed by atoms with Crippen molar-refractivity contribution in [3.63, 3.8) is 0 Å². The fourth-order valence-corrected chi connectivity index (χ4v) is 4.10. The van der Waals surface area contributed by atoms with E-state index in [1.807, 2.05) is 23.9 Å². The Kier molecular flexibility index (Phi) is 6.69. The highest BCUT2D eigenvalue weighted by molar-refractivity contribution is 9.11. The Morgan fingerprint density at radius 3 is 3.00 bits per heavy atom. The maximum absolute atomic E-state index is 11.6. The van der Waals surface area contributed by atoms with Crippen LogP contribution in [0.3, 0.4) is 0 Å². The molecule has 0 spiro atoms. The highest BCUT2D eigenvalue weighted by Crippen LogP contribution is 2.25. The molecule has 6 heteroatoms. The van der Waals surface area contributed by atoms with Crippen LogP contribution in [0.5, 0.6) is 0 Å². The minimum atomic E-state index is 0.0841. The highest BCUT2D eigenvalue weighted by Gasteiger charge is 2.03. The molecule has 20 heavy (non-hydrogen) atoms. The van der Waals surface area contributed by atoms with Crippen LogP contribution in [0.25, 0.3) is 0 Å². The van der Waals surface area contributed by atoms with Gasteiger partial charge in [-0.2, -0.15) is 11.8 Å². The van der Waals surface area contributed by atoms with Gasteiger partial charge in [-0.25, -0.2) is 0 Å². The number of hydrogen-bond acceptors (Lipinski definition) is 4. The number of carbonyl (C=O) groups excluding carboxylic acids is 1. The van der Waals surface area contributed by atoms with Gasteiger partial charge in [0.15, 0.2) is 0 Å². The van der Waals surface area contributed by atoms with E-state index in [-0.39, 0.29) is 5.91 Å². The molecule has 2 rings (SSSR count). The van der Waals surface area contributed by atoms with Crippen molar-refractivity contribution in [1.29, 1.82) is 0 Å². The predicted octanol–water partition coefficient (Wildman–Crippen LogP) is 4.09. The first kappa shape index (κ1) is 15.7. The van der Waals surface area contributed by atoms with E-state index in [2.05, 4.69) is 33.4 Å². The number of halogens is 1. The Bertz CT molecular complexity index is 525. The zero-order chi connectivity index (χ0) is 14.2. The van der Waals surface area contributed by atoms with E-state index in [0.29, 0.717) is 19.4 Å². The zero-order valence-corrected chi connectivity index (χ0v) is 14.2. The number of furan rings is 1. The molecule has 2 heterocycles. The van der Waals surface area contributed by atoms with Crippen molar-refractivity contribution in [1.82, 2.24) is 5.32 Å². The highest BCUT2D eigenvalue weighted by atomic mass is 79.9. The zero-order valence-electron chi connectivity index (χ0n) is 10.9. The Hall–Kier alpha value is -0.720. The SMILES string of the molecule is O=C(CCc1ccco1)NCCSCc1ccc(Br)s1. The van der Waals surface area contributed by atoms with Gasteiger partial charge < -0.3 is 9.73 Å². The molecule has 3 nitrogen and oxygen atoms in total. The molecule has 0 radical (unpaired) electrons. The molecule has 0 aromatic carbocycles. The van der Waals surface area contributed by atoms with E-state index in [4.69, 9.17) is 4.42 Å². The van der Waals surface area contributed by atoms with Gasteiger partial charge in [0.1, 0.15) is 5.76 Å². The lowest BCUT2D eigenvalue weighted by molar-refractivity contribution is -0.121. The fraction of sp³-hybridized carbons (Fsp3) is 0.357. The maximum Gasteiger partial charge on any atom is 0.220 e. The predicted molar refractivity (Wildman–Crippen MR) is 88.2 cm³/mol. The minimum Gasteiger partial charge on any atom is -0.469 e. The molecule has 0 fully saturated rings. The normalized spacial score (nSPS) is 10.7. The molecule has 0 bridgehead atoms. The van der Waals surface area contributed by atoms with Crippen LogP contribution in [-0.4, -0.2) is 18.2 Å². The van der Waals surface area contributed by atoms with E-state index in [1.54, 1.807) is 17.6 Å². The van der Waals surface area contributed by atoms with Gasteiger partial charge in [-0.15, -0.1) is 11.3 Å². The van der Waals surface area contributed by atoms with Gasteiger partial charge in [0.25, 0.3) is 0 Å². The summed E-state index contributed by atoms with van der Waals surface area (Å²) in [5.74, 6) is 2.87. The molecule has 2 aromatic rings. The van der Waals surface area contributed by atoms with Crippen molar-refractivity contribution in [3.8, 4) is 0 Å². The lowest BCUT2D eigenvalue weighted by atomic mass is 10.2. The summed E-state index contributed by atoms with van der Waals surface area (Å²) in [6.45, 7) is 0.716. The number of rotatable bonds is 8. The van der Waals surface area contributed by atoms with Crippen molar-refractivity contribution in [3.05, 3.63) is 45.0 Å². The minimum absolute atomic E-state index is 0.0841. The lowest BCUT2D eigenvalue weighted by Crippen LogP contribution is -2.25. The molecule has 0 aliphatic rings. The molecule has 108 valence electrons. The lowest BCUT2D eigenvalue weighted by Gasteiger charge is -2.04. The summed E-state index contributed by atoms with van der Waals surface area (Å²) in [7, 11) is 0. The van der Waals surface area contributed by atoms with Gasteiger partial charge >= 0.3 is 0 Å². The van der Waals surface area contributed by atoms with E-state index in [9.17, 15) is 4.79 Å². The van der Waals surface area contributed by atoms with E-state index in [1.165, 1.54) is 8.66 Å². The van der Waals surface area contributed by atoms with Crippen molar-refractivity contribution >= 4 is 44.9 Å². The van der Waals surface area contributed by atoms with Gasteiger partial charge in [0, 0.05) is 35.8 Å². The van der Waals surface area contributed by atoms with E-state index >= 15 is 0 Å². The number of carbonyl (C=O) groups is 1. The third-order valence-corrected chi connectivity index (χ3v) is 5.43. The van der Waals surface area contributed by atoms with E-state index in [0.717, 1.165) is 17.3 Å². The summed E-state index contributed by atoms with van der Waals surface area (Å²) in [6.07, 6.45) is 2.78. The van der Waals surface area contributed by atoms with Crippen molar-refractivity contribution in [2.75, 3.05) is 12.3 Å². The van der Waals surface area contributed by atoms with Gasteiger partial charge in [0.05, 0.1) is 10.0 Å². The van der Waals surface area contributed by atoms with Crippen molar-refractivity contribution < 1.29 is 9.21 Å². The monoisotopic (exact) mass is 373 g/mol. The van der Waals surface area contributed by atoms with Crippen molar-refractivity contribution in [2.45, 2.75) is 18.6 Å². The van der Waals surface area contributed by atoms with Crippen LogP contribution in [0.1, 0.15) is 17.1 Å². The van der Waals surface area contributed by atoms with Crippen LogP contribution < -0.4 is 5.32 Å². The molecule has 0 saturated carbocycles. The third-order valence-electron chi connectivity index (χ3n) is 2.62. The van der Waals surface area contributed by atoms with Crippen molar-refractivity contribution in [2.24, 2.45) is 0 Å². The number of nitrogens with one attached hydrogen (secondary N) is 1. The van der Waals surface area contributed by atoms with Crippen LogP contribution in [0.15, 0.2) is 38.7 Å². The molecule has 0 aliphatic heterocycles. The fourth-order valence-electron chi connectivity index (χ4n) is 1.64. The van der Waals surface area contributed by atoms with Crippen LogP contribution >= 0.6 is 39.0 Å². The molecule has 0 aliphatic carbocycles. The van der Waals surface area contributed by atoms with Gasteiger partial charge in [-0.05, 0) is 40.2 Å². The molecular weight excluding hydrogens is 358 g/mol. The summed E-state index contributed by atoms with van der Waals surface area (Å²) in [5.41, 5.74) is 0. The first-order valence-electron chi connectivity index (χ1n) is 6.35. The van der Waals surface area contributed by atoms with Gasteiger partial charge in [0.2, 0.25) is 5.91 Å². The molecule has 1 amide bonds. The number of thioether (sulfide) groups is 1. The average molecular weight is 374 g/mol. The van der Waals surface area contributed by atoms with Gasteiger partial charge in [-0.1, -0.05) is 0 Å². The Morgan fingerprint density at radius 2 is 2.30 bits per heavy atom. The van der Waals surface area contributed by atoms with Gasteiger partial charge in [-0.3, -0.25) is 4.79 Å². The second-order valence-corrected chi connectivity index (χ2v) is 7.84. The second-order valence-electron chi connectivity index (χ2n) is 4.19. The summed E-state index contributed by atoms with van der Waals surface area (Å²) in [5, 5.41) is 2.93. The molecule has 2 aromatic heterocycles. The molecule has 1 N–H and O–H groups in total. The Morgan fingerprint density at radius 1 is 1.40 bits per heavy atom. The first-order valence-corrected chi connectivity index (χ1v) is 9.11. The molecule has 0 saturated heterocycles. The summed E-state index contributed by atoms with van der Waals surface area (Å²) in [6, 6.07) is 7.93. The topological polar surface area (TPSA) is 42.2 Å². The second kappa shape index (κ2) is 8.54. The molecular formula is C14H16BrNO2S2. The Balaban J connectivity index is 1.51. The quantitative estimate of drug-likeness (QED) is 0.708. The summed E-state index contributed by atoms with van der Waals surface area (Å²) >= 11 is 7.04. The number of hydrogen-bond donors (Lipinski definition) is 1. The average Bonchev–Trinajstić information content (AvgIpc) is 3.07. The van der Waals surface area contributed by atoms with Crippen LogP contribution in [0, 0.1) is 0 Å². The largest absolute Gasteiger partial charge is 0.469 e. The number of amides is 1. The van der Waals surface area contributed by atoms with Crippen LogP contribution in [0.4, 0.5) is 0 Å². The standard InChI is InChI=1S/C14H16BrNO2S2/c15-13-5-4-12(20-13)10-19-9-7-16-14(17)6-3-11-2-1-8-18-11/h1-2,4-5,8H,3,6-7,9-10H2,(H,16,17). The third kappa shape index (κ3) is 5.73. The summed E-state index contributed by atoms with van der Waals surface area (Å²) < 4.78 is 6.36. The molecule has 0 unspecified atom stereocenters. The van der Waals surface area contributed by atoms with E-state index < -0.39 is 0 Å². The first-order chi connectivity index (χ1) is 9.74. The summed E-state index contributed by atoms with van der Waals surface area (Å²) in [4.78, 5) is 13.0.